The Kier molecular flexibility index (Phi) is 8.31. The van der Waals surface area contributed by atoms with E-state index >= 15 is 0 Å². The Balaban J connectivity index is 1.36. The van der Waals surface area contributed by atoms with Gasteiger partial charge in [-0.05, 0) is 76.3 Å². The lowest BCUT2D eigenvalue weighted by atomic mass is 9.92. The Morgan fingerprint density at radius 3 is 2.50 bits per heavy atom. The minimum absolute atomic E-state index is 0.194. The molecule has 0 spiro atoms. The first-order chi connectivity index (χ1) is 13.7. The number of hydrogen-bond donors (Lipinski definition) is 1. The van der Waals surface area contributed by atoms with E-state index in [4.69, 9.17) is 4.74 Å². The third-order valence-electron chi connectivity index (χ3n) is 6.45. The van der Waals surface area contributed by atoms with Crippen LogP contribution in [0.15, 0.2) is 24.3 Å². The van der Waals surface area contributed by atoms with Gasteiger partial charge in [-0.2, -0.15) is 0 Å². The van der Waals surface area contributed by atoms with Crippen molar-refractivity contribution in [1.82, 2.24) is 15.1 Å². The van der Waals surface area contributed by atoms with Crippen LogP contribution in [0, 0.1) is 12.8 Å². The first-order valence-electron chi connectivity index (χ1n) is 10.9. The van der Waals surface area contributed by atoms with E-state index in [2.05, 4.69) is 46.3 Å². The highest BCUT2D eigenvalue weighted by Crippen LogP contribution is 2.25. The van der Waals surface area contributed by atoms with Crippen molar-refractivity contribution in [2.75, 3.05) is 46.4 Å². The van der Waals surface area contributed by atoms with Crippen LogP contribution in [0.3, 0.4) is 0 Å². The summed E-state index contributed by atoms with van der Waals surface area (Å²) in [5, 5.41) is 3.07. The minimum Gasteiger partial charge on any atom is -0.385 e. The van der Waals surface area contributed by atoms with Gasteiger partial charge in [0.1, 0.15) is 0 Å². The van der Waals surface area contributed by atoms with Crippen molar-refractivity contribution in [1.29, 1.82) is 0 Å². The SMILES string of the molecule is COCCCNC(=O)C1CCN(C2CCN(Cc3ccccc3C)CC2)CC1. The molecule has 1 amide bonds. The maximum atomic E-state index is 12.3. The number of likely N-dealkylation sites (tertiary alicyclic amines) is 2. The Hall–Kier alpha value is -1.43. The first-order valence-corrected chi connectivity index (χ1v) is 10.9. The summed E-state index contributed by atoms with van der Waals surface area (Å²) in [5.74, 6) is 0.434. The number of piperidine rings is 2. The molecule has 0 saturated carbocycles. The van der Waals surface area contributed by atoms with E-state index in [1.54, 1.807) is 7.11 Å². The average molecular weight is 388 g/mol. The fourth-order valence-corrected chi connectivity index (χ4v) is 4.57. The molecule has 5 heteroatoms. The summed E-state index contributed by atoms with van der Waals surface area (Å²) in [4.78, 5) is 17.5. The van der Waals surface area contributed by atoms with Gasteiger partial charge >= 0.3 is 0 Å². The van der Waals surface area contributed by atoms with E-state index in [0.717, 1.165) is 45.4 Å². The van der Waals surface area contributed by atoms with Crippen LogP contribution < -0.4 is 5.32 Å². The monoisotopic (exact) mass is 387 g/mol. The Morgan fingerprint density at radius 1 is 1.11 bits per heavy atom. The molecule has 0 atom stereocenters. The second-order valence-electron chi connectivity index (χ2n) is 8.38. The second kappa shape index (κ2) is 10.9. The molecular formula is C23H37N3O2. The number of nitrogens with one attached hydrogen (secondary N) is 1. The van der Waals surface area contributed by atoms with Gasteiger partial charge in [0.25, 0.3) is 0 Å². The fraction of sp³-hybridized carbons (Fsp3) is 0.696. The lowest BCUT2D eigenvalue weighted by molar-refractivity contribution is -0.126. The first kappa shape index (κ1) is 21.3. The van der Waals surface area contributed by atoms with Gasteiger partial charge in [0.05, 0.1) is 0 Å². The summed E-state index contributed by atoms with van der Waals surface area (Å²) in [6, 6.07) is 9.42. The van der Waals surface area contributed by atoms with Crippen molar-refractivity contribution >= 4 is 5.91 Å². The summed E-state index contributed by atoms with van der Waals surface area (Å²) in [6.07, 6.45) is 5.39. The number of hydrogen-bond acceptors (Lipinski definition) is 4. The Labute approximate surface area is 170 Å². The third-order valence-corrected chi connectivity index (χ3v) is 6.45. The van der Waals surface area contributed by atoms with Crippen LogP contribution in [0.1, 0.15) is 43.2 Å². The van der Waals surface area contributed by atoms with E-state index in [0.29, 0.717) is 12.6 Å². The fourth-order valence-electron chi connectivity index (χ4n) is 4.57. The predicted octanol–water partition coefficient (Wildman–Crippen LogP) is 2.82. The molecule has 28 heavy (non-hydrogen) atoms. The molecule has 2 aliphatic rings. The molecule has 0 aromatic heterocycles. The van der Waals surface area contributed by atoms with Gasteiger partial charge in [0, 0.05) is 38.8 Å². The van der Waals surface area contributed by atoms with Crippen molar-refractivity contribution in [2.45, 2.75) is 51.6 Å². The van der Waals surface area contributed by atoms with Gasteiger partial charge in [-0.25, -0.2) is 0 Å². The number of carbonyl (C=O) groups excluding carboxylic acids is 1. The third kappa shape index (κ3) is 6.03. The van der Waals surface area contributed by atoms with E-state index < -0.39 is 0 Å². The predicted molar refractivity (Wildman–Crippen MR) is 113 cm³/mol. The van der Waals surface area contributed by atoms with Gasteiger partial charge in [0.2, 0.25) is 5.91 Å². The normalized spacial score (nSPS) is 20.4. The summed E-state index contributed by atoms with van der Waals surface area (Å²) in [6.45, 7) is 9.22. The molecule has 0 radical (unpaired) electrons. The number of rotatable bonds is 8. The summed E-state index contributed by atoms with van der Waals surface area (Å²) in [5.41, 5.74) is 2.85. The topological polar surface area (TPSA) is 44.8 Å². The molecule has 0 bridgehead atoms. The molecular weight excluding hydrogens is 350 g/mol. The van der Waals surface area contributed by atoms with E-state index in [1.807, 2.05) is 0 Å². The van der Waals surface area contributed by atoms with Gasteiger partial charge < -0.3 is 15.0 Å². The Bertz CT molecular complexity index is 606. The molecule has 2 heterocycles. The zero-order valence-electron chi connectivity index (χ0n) is 17.7. The molecule has 156 valence electrons. The molecule has 2 saturated heterocycles. The Morgan fingerprint density at radius 2 is 1.82 bits per heavy atom. The van der Waals surface area contributed by atoms with Crippen molar-refractivity contribution in [3.05, 3.63) is 35.4 Å². The van der Waals surface area contributed by atoms with E-state index in [1.165, 1.54) is 37.1 Å². The quantitative estimate of drug-likeness (QED) is 0.697. The lowest BCUT2D eigenvalue weighted by Gasteiger charge is -2.41. The van der Waals surface area contributed by atoms with Crippen LogP contribution in [0.4, 0.5) is 0 Å². The van der Waals surface area contributed by atoms with Gasteiger partial charge in [-0.3, -0.25) is 9.69 Å². The van der Waals surface area contributed by atoms with Gasteiger partial charge in [-0.15, -0.1) is 0 Å². The van der Waals surface area contributed by atoms with Crippen LogP contribution in [0.25, 0.3) is 0 Å². The molecule has 2 fully saturated rings. The van der Waals surface area contributed by atoms with Crippen molar-refractivity contribution < 1.29 is 9.53 Å². The van der Waals surface area contributed by atoms with Crippen LogP contribution >= 0.6 is 0 Å². The molecule has 3 rings (SSSR count). The maximum Gasteiger partial charge on any atom is 0.223 e. The number of nitrogens with zero attached hydrogens (tertiary/aromatic N) is 2. The zero-order chi connectivity index (χ0) is 19.8. The molecule has 1 aromatic rings. The van der Waals surface area contributed by atoms with Crippen LogP contribution in [-0.2, 0) is 16.1 Å². The van der Waals surface area contributed by atoms with Crippen LogP contribution in [0.5, 0.6) is 0 Å². The molecule has 1 aromatic carbocycles. The average Bonchev–Trinajstić information content (AvgIpc) is 2.73. The molecule has 5 nitrogen and oxygen atoms in total. The standard InChI is InChI=1S/C23H37N3O2/c1-19-6-3-4-7-21(19)18-25-13-10-22(11-14-25)26-15-8-20(9-16-26)23(27)24-12-5-17-28-2/h3-4,6-7,20,22H,5,8-18H2,1-2H3,(H,24,27). The molecule has 1 N–H and O–H groups in total. The molecule has 0 unspecified atom stereocenters. The smallest absolute Gasteiger partial charge is 0.223 e. The number of benzene rings is 1. The summed E-state index contributed by atoms with van der Waals surface area (Å²) in [7, 11) is 1.70. The molecule has 0 aliphatic carbocycles. The highest BCUT2D eigenvalue weighted by atomic mass is 16.5. The number of methoxy groups -OCH3 is 1. The summed E-state index contributed by atoms with van der Waals surface area (Å²) >= 11 is 0. The van der Waals surface area contributed by atoms with Gasteiger partial charge in [0.15, 0.2) is 0 Å². The summed E-state index contributed by atoms with van der Waals surface area (Å²) < 4.78 is 5.04. The lowest BCUT2D eigenvalue weighted by Crippen LogP contribution is -2.49. The van der Waals surface area contributed by atoms with Crippen LogP contribution in [-0.4, -0.2) is 68.2 Å². The van der Waals surface area contributed by atoms with Crippen molar-refractivity contribution in [3.8, 4) is 0 Å². The van der Waals surface area contributed by atoms with Crippen LogP contribution in [0.2, 0.25) is 0 Å². The minimum atomic E-state index is 0.194. The van der Waals surface area contributed by atoms with E-state index in [-0.39, 0.29) is 11.8 Å². The number of aryl methyl sites for hydroxylation is 1. The number of ether oxygens (including phenoxy) is 1. The van der Waals surface area contributed by atoms with E-state index in [9.17, 15) is 4.79 Å². The maximum absolute atomic E-state index is 12.3. The second-order valence-corrected chi connectivity index (χ2v) is 8.38. The highest BCUT2D eigenvalue weighted by molar-refractivity contribution is 5.78. The zero-order valence-corrected chi connectivity index (χ0v) is 17.7. The van der Waals surface area contributed by atoms with Gasteiger partial charge in [-0.1, -0.05) is 24.3 Å². The number of amides is 1. The largest absolute Gasteiger partial charge is 0.385 e. The van der Waals surface area contributed by atoms with Crippen molar-refractivity contribution in [2.24, 2.45) is 5.92 Å². The van der Waals surface area contributed by atoms with Crippen molar-refractivity contribution in [3.63, 3.8) is 0 Å². The highest BCUT2D eigenvalue weighted by Gasteiger charge is 2.30. The molecule has 2 aliphatic heterocycles. The number of carbonyl (C=O) groups is 1.